The van der Waals surface area contributed by atoms with Gasteiger partial charge >= 0.3 is 21.6 Å². The first-order chi connectivity index (χ1) is 19.4. The van der Waals surface area contributed by atoms with Crippen LogP contribution in [-0.4, -0.2) is 112 Å². The van der Waals surface area contributed by atoms with Gasteiger partial charge in [-0.3, -0.25) is 18.4 Å². The summed E-state index contributed by atoms with van der Waals surface area (Å²) >= 11 is 0. The summed E-state index contributed by atoms with van der Waals surface area (Å²) in [5.41, 5.74) is 5.12. The number of nitrogens with zero attached hydrogens (tertiary/aromatic N) is 4. The Bertz CT molecular complexity index is 1390. The van der Waals surface area contributed by atoms with Crippen LogP contribution < -0.4 is 5.73 Å². The van der Waals surface area contributed by atoms with Crippen LogP contribution in [0, 0.1) is 5.41 Å². The number of nitrogen functional groups attached to an aromatic ring is 1. The highest BCUT2D eigenvalue weighted by atomic mass is 31.3. The number of carbonyl (C=O) groups excluding carboxylic acids is 1. The first-order valence-corrected chi connectivity index (χ1v) is 15.2. The van der Waals surface area contributed by atoms with E-state index in [0.717, 1.165) is 6.33 Å². The van der Waals surface area contributed by atoms with Crippen LogP contribution in [0.4, 0.5) is 5.82 Å². The van der Waals surface area contributed by atoms with Gasteiger partial charge in [0, 0.05) is 0 Å². The lowest BCUT2D eigenvalue weighted by Crippen LogP contribution is -2.40. The van der Waals surface area contributed by atoms with Crippen molar-refractivity contribution in [2.45, 2.75) is 69.9 Å². The second-order valence-electron chi connectivity index (χ2n) is 10.4. The maximum Gasteiger partial charge on any atom is 0.481 e. The van der Waals surface area contributed by atoms with Gasteiger partial charge in [-0.2, -0.15) is 4.31 Å². The number of imidazole rings is 1. The molecule has 0 radical (unpaired) electrons. The predicted octanol–water partition coefficient (Wildman–Crippen LogP) is -1.69. The number of aliphatic hydroxyl groups excluding tert-OH is 4. The van der Waals surface area contributed by atoms with Crippen molar-refractivity contribution in [3.05, 3.63) is 12.7 Å². The molecule has 0 spiro atoms. The van der Waals surface area contributed by atoms with Crippen molar-refractivity contribution in [3.63, 3.8) is 0 Å². The topological polar surface area (TPSA) is 298 Å². The third kappa shape index (κ3) is 7.13. The van der Waals surface area contributed by atoms with Crippen molar-refractivity contribution in [3.8, 4) is 0 Å². The number of esters is 1. The molecule has 2 aromatic heterocycles. The molecule has 2 aliphatic heterocycles. The second kappa shape index (κ2) is 12.1. The summed E-state index contributed by atoms with van der Waals surface area (Å²) < 4.78 is 55.0. The molecular formula is C20H31N5O15P2. The van der Waals surface area contributed by atoms with E-state index in [9.17, 15) is 44.1 Å². The number of ether oxygens (including phenoxy) is 3. The van der Waals surface area contributed by atoms with E-state index in [-0.39, 0.29) is 17.0 Å². The van der Waals surface area contributed by atoms with Crippen LogP contribution in [-0.2, 0) is 41.5 Å². The number of hydrogen-bond donors (Lipinski definition) is 7. The number of phosphoric acid groups is 2. The van der Waals surface area contributed by atoms with E-state index < -0.39 is 89.4 Å². The normalized spacial score (nSPS) is 33.0. The zero-order valence-corrected chi connectivity index (χ0v) is 24.1. The van der Waals surface area contributed by atoms with Crippen LogP contribution in [0.2, 0.25) is 0 Å². The summed E-state index contributed by atoms with van der Waals surface area (Å²) in [6.45, 7) is 2.76. The summed E-state index contributed by atoms with van der Waals surface area (Å²) in [5.74, 6) is -0.716. The van der Waals surface area contributed by atoms with Crippen LogP contribution in [0.5, 0.6) is 0 Å². The van der Waals surface area contributed by atoms with Gasteiger partial charge in [0.05, 0.1) is 25.0 Å². The third-order valence-electron chi connectivity index (χ3n) is 6.18. The van der Waals surface area contributed by atoms with Crippen LogP contribution in [0.1, 0.15) is 27.0 Å². The van der Waals surface area contributed by atoms with Crippen molar-refractivity contribution < 1.29 is 71.7 Å². The molecule has 3 unspecified atom stereocenters. The minimum absolute atomic E-state index is 0.0506. The molecule has 236 valence electrons. The third-order valence-corrected chi connectivity index (χ3v) is 8.78. The predicted molar refractivity (Wildman–Crippen MR) is 135 cm³/mol. The summed E-state index contributed by atoms with van der Waals surface area (Å²) in [6.07, 6.45) is -10.1. The fraction of sp³-hybridized carbons (Fsp3) is 0.700. The lowest BCUT2D eigenvalue weighted by molar-refractivity contribution is -0.180. The Morgan fingerprint density at radius 2 is 1.57 bits per heavy atom. The summed E-state index contributed by atoms with van der Waals surface area (Å²) in [7, 11) is -10.7. The molecule has 20 nitrogen and oxygen atoms in total. The quantitative estimate of drug-likeness (QED) is 0.112. The summed E-state index contributed by atoms with van der Waals surface area (Å²) in [5, 5.41) is 41.1. The zero-order valence-electron chi connectivity index (χ0n) is 22.3. The molecule has 0 amide bonds. The Labute approximate surface area is 237 Å². The number of aliphatic hydroxyl groups is 4. The number of aromatic nitrogens is 4. The monoisotopic (exact) mass is 643 g/mol. The van der Waals surface area contributed by atoms with E-state index in [1.165, 1.54) is 31.7 Å². The Balaban J connectivity index is 1.30. The molecule has 2 aliphatic rings. The summed E-state index contributed by atoms with van der Waals surface area (Å²) in [4.78, 5) is 43.8. The molecule has 42 heavy (non-hydrogen) atoms. The van der Waals surface area contributed by atoms with E-state index in [1.54, 1.807) is 0 Å². The Hall–Kier alpha value is -2.16. The molecule has 0 bridgehead atoms. The van der Waals surface area contributed by atoms with Crippen molar-refractivity contribution in [1.29, 1.82) is 0 Å². The van der Waals surface area contributed by atoms with E-state index in [2.05, 4.69) is 28.3 Å². The number of rotatable bonds is 10. The van der Waals surface area contributed by atoms with Gasteiger partial charge in [-0.1, -0.05) is 0 Å². The summed E-state index contributed by atoms with van der Waals surface area (Å²) in [6, 6.07) is 0. The molecule has 0 aromatic carbocycles. The minimum atomic E-state index is -5.37. The molecule has 2 fully saturated rings. The van der Waals surface area contributed by atoms with Gasteiger partial charge < -0.3 is 50.2 Å². The molecular weight excluding hydrogens is 612 g/mol. The number of anilines is 1. The lowest BCUT2D eigenvalue weighted by Gasteiger charge is -2.23. The molecule has 0 aliphatic carbocycles. The highest BCUT2D eigenvalue weighted by Crippen LogP contribution is 2.60. The standard InChI is InChI=1S/C20H31N5O15P2/c1-20(2,3)19(30)39-14-12(27)9(38-18(14)29)5-36-42(33,34)40-41(31,32)35-4-8-11(26)13(28)17(37-8)25-7-24-10-15(21)22-6-23-16(10)25/h6-9,11-14,17-18,26-29H,4-5H2,1-3H3,(H,31,32)(H,33,34)(H2,21,22,23)/t8-,9-,11-,12-,13-,14-,17-,18?/m1/s1. The van der Waals surface area contributed by atoms with Gasteiger partial charge in [0.15, 0.2) is 30.1 Å². The highest BCUT2D eigenvalue weighted by molar-refractivity contribution is 7.61. The Kier molecular flexibility index (Phi) is 9.42. The molecule has 4 rings (SSSR count). The van der Waals surface area contributed by atoms with Crippen molar-refractivity contribution in [2.24, 2.45) is 5.41 Å². The van der Waals surface area contributed by atoms with Gasteiger partial charge in [-0.25, -0.2) is 24.1 Å². The van der Waals surface area contributed by atoms with Gasteiger partial charge in [0.2, 0.25) is 0 Å². The molecule has 10 atom stereocenters. The van der Waals surface area contributed by atoms with Crippen molar-refractivity contribution in [1.82, 2.24) is 19.5 Å². The van der Waals surface area contributed by atoms with Crippen molar-refractivity contribution >= 4 is 38.6 Å². The number of nitrogens with two attached hydrogens (primary N) is 1. The molecule has 0 saturated carbocycles. The highest BCUT2D eigenvalue weighted by Gasteiger charge is 2.49. The molecule has 8 N–H and O–H groups in total. The fourth-order valence-corrected chi connectivity index (χ4v) is 6.04. The maximum atomic E-state index is 12.4. The molecule has 22 heteroatoms. The number of phosphoric ester groups is 2. The maximum absolute atomic E-state index is 12.4. The van der Waals surface area contributed by atoms with Crippen LogP contribution in [0.25, 0.3) is 11.2 Å². The fourth-order valence-electron chi connectivity index (χ4n) is 3.95. The van der Waals surface area contributed by atoms with E-state index in [0.29, 0.717) is 0 Å². The van der Waals surface area contributed by atoms with Gasteiger partial charge in [-0.15, -0.1) is 0 Å². The first-order valence-electron chi connectivity index (χ1n) is 12.2. The Morgan fingerprint density at radius 1 is 0.976 bits per heavy atom. The van der Waals surface area contributed by atoms with E-state index in [4.69, 9.17) is 19.9 Å². The minimum Gasteiger partial charge on any atom is -0.454 e. The molecule has 4 heterocycles. The smallest absolute Gasteiger partial charge is 0.454 e. The molecule has 2 aromatic rings. The average molecular weight is 643 g/mol. The van der Waals surface area contributed by atoms with E-state index >= 15 is 0 Å². The van der Waals surface area contributed by atoms with Crippen molar-refractivity contribution in [2.75, 3.05) is 18.9 Å². The largest absolute Gasteiger partial charge is 0.481 e. The SMILES string of the molecule is CC(C)(C)C(=O)O[C@H]1C(O)O[C@H](COP(=O)(O)OP(=O)(O)OC[C@H]2O[C@@H](n3cnc4c(N)ncnc43)[C@H](O)[C@@H]2O)[C@H]1O. The number of fused-ring (bicyclic) bond motifs is 1. The Morgan fingerprint density at radius 3 is 2.17 bits per heavy atom. The molecule has 2 saturated heterocycles. The van der Waals surface area contributed by atoms with Crippen LogP contribution in [0.15, 0.2) is 12.7 Å². The number of carbonyl (C=O) groups is 1. The average Bonchev–Trinajstić information content (AvgIpc) is 3.51. The number of hydrogen-bond acceptors (Lipinski definition) is 17. The van der Waals surface area contributed by atoms with Gasteiger partial charge in [0.25, 0.3) is 0 Å². The van der Waals surface area contributed by atoms with Gasteiger partial charge in [-0.05, 0) is 20.8 Å². The first kappa shape index (κ1) is 32.7. The van der Waals surface area contributed by atoms with E-state index in [1.807, 2.05) is 0 Å². The zero-order chi connectivity index (χ0) is 31.2. The van der Waals surface area contributed by atoms with Crippen LogP contribution in [0.3, 0.4) is 0 Å². The second-order valence-corrected chi connectivity index (χ2v) is 13.5. The lowest BCUT2D eigenvalue weighted by atomic mass is 9.97. The van der Waals surface area contributed by atoms with Crippen LogP contribution >= 0.6 is 15.6 Å². The van der Waals surface area contributed by atoms with Gasteiger partial charge in [0.1, 0.15) is 42.4 Å².